The Morgan fingerprint density at radius 1 is 1.32 bits per heavy atom. The van der Waals surface area contributed by atoms with E-state index in [1.54, 1.807) is 30.3 Å². The second kappa shape index (κ2) is 5.40. The molecule has 1 saturated carbocycles. The van der Waals surface area contributed by atoms with Crippen LogP contribution in [0.2, 0.25) is 0 Å². The van der Waals surface area contributed by atoms with Crippen molar-refractivity contribution in [3.05, 3.63) is 35.9 Å². The van der Waals surface area contributed by atoms with Gasteiger partial charge < -0.3 is 16.2 Å². The van der Waals surface area contributed by atoms with Crippen molar-refractivity contribution in [2.75, 3.05) is 0 Å². The molecular weight excluding hydrogens is 244 g/mol. The zero-order valence-electron chi connectivity index (χ0n) is 10.6. The molecule has 0 radical (unpaired) electrons. The smallest absolute Gasteiger partial charge is 0.330 e. The molecular formula is C14H18N2O3. The zero-order chi connectivity index (χ0) is 13.9. The van der Waals surface area contributed by atoms with Crippen LogP contribution in [0.1, 0.15) is 37.3 Å². The van der Waals surface area contributed by atoms with Gasteiger partial charge in [0.05, 0.1) is 0 Å². The Morgan fingerprint density at radius 2 is 1.95 bits per heavy atom. The van der Waals surface area contributed by atoms with E-state index >= 15 is 0 Å². The van der Waals surface area contributed by atoms with Gasteiger partial charge in [0.25, 0.3) is 0 Å². The lowest BCUT2D eigenvalue weighted by molar-refractivity contribution is -0.142. The number of carbonyl (C=O) groups excluding carboxylic acids is 1. The molecule has 0 aliphatic heterocycles. The highest BCUT2D eigenvalue weighted by molar-refractivity contribution is 5.85. The van der Waals surface area contributed by atoms with Crippen LogP contribution in [0, 0.1) is 0 Å². The van der Waals surface area contributed by atoms with E-state index in [-0.39, 0.29) is 12.3 Å². The lowest BCUT2D eigenvalue weighted by Crippen LogP contribution is -2.50. The maximum absolute atomic E-state index is 11.9. The average molecular weight is 262 g/mol. The van der Waals surface area contributed by atoms with Crippen LogP contribution in [0.4, 0.5) is 0 Å². The van der Waals surface area contributed by atoms with Crippen LogP contribution in [0.3, 0.4) is 0 Å². The van der Waals surface area contributed by atoms with Gasteiger partial charge in [-0.05, 0) is 24.8 Å². The minimum atomic E-state index is -1.07. The van der Waals surface area contributed by atoms with Crippen LogP contribution in [-0.4, -0.2) is 22.5 Å². The van der Waals surface area contributed by atoms with Crippen molar-refractivity contribution in [3.8, 4) is 0 Å². The van der Waals surface area contributed by atoms with Gasteiger partial charge in [0.15, 0.2) is 6.04 Å². The maximum atomic E-state index is 11.9. The maximum Gasteiger partial charge on any atom is 0.330 e. The first-order valence-electron chi connectivity index (χ1n) is 6.36. The normalized spacial score (nSPS) is 18.2. The monoisotopic (exact) mass is 262 g/mol. The molecule has 1 aliphatic carbocycles. The summed E-state index contributed by atoms with van der Waals surface area (Å²) in [6, 6.07) is 7.63. The number of hydrogen-bond acceptors (Lipinski definition) is 3. The van der Waals surface area contributed by atoms with E-state index in [1.165, 1.54) is 0 Å². The van der Waals surface area contributed by atoms with Gasteiger partial charge in [0, 0.05) is 12.0 Å². The highest BCUT2D eigenvalue weighted by Gasteiger charge is 2.35. The summed E-state index contributed by atoms with van der Waals surface area (Å²) in [5.41, 5.74) is 6.10. The number of benzene rings is 1. The standard InChI is InChI=1S/C14H18N2O3/c15-14(7-4-8-14)9-11(17)16-12(13(18)19)10-5-2-1-3-6-10/h1-3,5-6,12H,4,7-9,15H2,(H,16,17)(H,18,19)/t12-/m1/s1. The SMILES string of the molecule is NC1(CC(=O)N[C@@H](C(=O)O)c2ccccc2)CCC1. The average Bonchev–Trinajstić information content (AvgIpc) is 2.35. The highest BCUT2D eigenvalue weighted by Crippen LogP contribution is 2.32. The summed E-state index contributed by atoms with van der Waals surface area (Å²) in [4.78, 5) is 23.1. The van der Waals surface area contributed by atoms with Gasteiger partial charge in [0.1, 0.15) is 0 Å². The van der Waals surface area contributed by atoms with Gasteiger partial charge in [-0.25, -0.2) is 4.79 Å². The number of nitrogens with one attached hydrogen (secondary N) is 1. The molecule has 1 aromatic rings. The summed E-state index contributed by atoms with van der Waals surface area (Å²) < 4.78 is 0. The lowest BCUT2D eigenvalue weighted by Gasteiger charge is -2.37. The number of rotatable bonds is 5. The summed E-state index contributed by atoms with van der Waals surface area (Å²) in [7, 11) is 0. The Labute approximate surface area is 111 Å². The van der Waals surface area contributed by atoms with E-state index in [4.69, 9.17) is 5.73 Å². The molecule has 0 saturated heterocycles. The summed E-state index contributed by atoms with van der Waals surface area (Å²) >= 11 is 0. The van der Waals surface area contributed by atoms with Crippen LogP contribution in [0.25, 0.3) is 0 Å². The minimum absolute atomic E-state index is 0.184. The molecule has 19 heavy (non-hydrogen) atoms. The number of carboxylic acid groups (broad SMARTS) is 1. The molecule has 4 N–H and O–H groups in total. The van der Waals surface area contributed by atoms with E-state index < -0.39 is 17.6 Å². The van der Waals surface area contributed by atoms with Gasteiger partial charge in [-0.2, -0.15) is 0 Å². The van der Waals surface area contributed by atoms with Crippen molar-refractivity contribution in [2.45, 2.75) is 37.3 Å². The van der Waals surface area contributed by atoms with E-state index in [2.05, 4.69) is 5.32 Å². The molecule has 0 bridgehead atoms. The van der Waals surface area contributed by atoms with Gasteiger partial charge in [-0.15, -0.1) is 0 Å². The molecule has 1 amide bonds. The van der Waals surface area contributed by atoms with Crippen molar-refractivity contribution in [1.29, 1.82) is 0 Å². The van der Waals surface area contributed by atoms with Crippen molar-refractivity contribution in [1.82, 2.24) is 5.32 Å². The molecule has 2 rings (SSSR count). The lowest BCUT2D eigenvalue weighted by atomic mass is 9.75. The quantitative estimate of drug-likeness (QED) is 0.743. The van der Waals surface area contributed by atoms with Gasteiger partial charge in [0.2, 0.25) is 5.91 Å². The third-order valence-corrected chi connectivity index (χ3v) is 3.55. The fourth-order valence-electron chi connectivity index (χ4n) is 2.27. The van der Waals surface area contributed by atoms with Crippen LogP contribution in [-0.2, 0) is 9.59 Å². The number of carbonyl (C=O) groups is 2. The summed E-state index contributed by atoms with van der Waals surface area (Å²) in [5.74, 6) is -1.38. The fourth-order valence-corrected chi connectivity index (χ4v) is 2.27. The molecule has 1 aliphatic rings. The molecule has 5 heteroatoms. The third kappa shape index (κ3) is 3.32. The first-order chi connectivity index (χ1) is 9.00. The molecule has 0 unspecified atom stereocenters. The predicted molar refractivity (Wildman–Crippen MR) is 70.3 cm³/mol. The molecule has 0 spiro atoms. The first kappa shape index (κ1) is 13.5. The largest absolute Gasteiger partial charge is 0.479 e. The minimum Gasteiger partial charge on any atom is -0.479 e. The second-order valence-corrected chi connectivity index (χ2v) is 5.14. The summed E-state index contributed by atoms with van der Waals surface area (Å²) in [6.07, 6.45) is 2.86. The Morgan fingerprint density at radius 3 is 2.42 bits per heavy atom. The van der Waals surface area contributed by atoms with E-state index in [0.717, 1.165) is 19.3 Å². The Balaban J connectivity index is 2.01. The molecule has 102 valence electrons. The van der Waals surface area contributed by atoms with E-state index in [0.29, 0.717) is 5.56 Å². The Kier molecular flexibility index (Phi) is 3.85. The van der Waals surface area contributed by atoms with Crippen molar-refractivity contribution in [3.63, 3.8) is 0 Å². The zero-order valence-corrected chi connectivity index (χ0v) is 10.6. The predicted octanol–water partition coefficient (Wildman–Crippen LogP) is 1.20. The number of aliphatic carboxylic acids is 1. The number of carboxylic acids is 1. The highest BCUT2D eigenvalue weighted by atomic mass is 16.4. The molecule has 0 aromatic heterocycles. The fraction of sp³-hybridized carbons (Fsp3) is 0.429. The van der Waals surface area contributed by atoms with Crippen LogP contribution in [0.15, 0.2) is 30.3 Å². The van der Waals surface area contributed by atoms with Gasteiger partial charge in [-0.1, -0.05) is 30.3 Å². The third-order valence-electron chi connectivity index (χ3n) is 3.55. The van der Waals surface area contributed by atoms with Crippen molar-refractivity contribution < 1.29 is 14.7 Å². The molecule has 1 atom stereocenters. The van der Waals surface area contributed by atoms with E-state index in [9.17, 15) is 14.7 Å². The molecule has 1 aromatic carbocycles. The number of nitrogens with two attached hydrogens (primary N) is 1. The second-order valence-electron chi connectivity index (χ2n) is 5.14. The topological polar surface area (TPSA) is 92.4 Å². The summed E-state index contributed by atoms with van der Waals surface area (Å²) in [6.45, 7) is 0. The van der Waals surface area contributed by atoms with Crippen molar-refractivity contribution >= 4 is 11.9 Å². The molecule has 5 nitrogen and oxygen atoms in total. The van der Waals surface area contributed by atoms with Crippen LogP contribution in [0.5, 0.6) is 0 Å². The van der Waals surface area contributed by atoms with Crippen LogP contribution >= 0.6 is 0 Å². The van der Waals surface area contributed by atoms with Gasteiger partial charge >= 0.3 is 5.97 Å². The van der Waals surface area contributed by atoms with E-state index in [1.807, 2.05) is 0 Å². The summed E-state index contributed by atoms with van der Waals surface area (Å²) in [5, 5.41) is 11.7. The Bertz CT molecular complexity index is 469. The van der Waals surface area contributed by atoms with Crippen molar-refractivity contribution in [2.24, 2.45) is 5.73 Å². The first-order valence-corrected chi connectivity index (χ1v) is 6.36. The Hall–Kier alpha value is -1.88. The van der Waals surface area contributed by atoms with Crippen LogP contribution < -0.4 is 11.1 Å². The molecule has 1 fully saturated rings. The molecule has 0 heterocycles. The number of amides is 1. The number of hydrogen-bond donors (Lipinski definition) is 3. The van der Waals surface area contributed by atoms with Gasteiger partial charge in [-0.3, -0.25) is 4.79 Å².